The van der Waals surface area contributed by atoms with E-state index < -0.39 is 17.6 Å². The Hall–Kier alpha value is -2.11. The normalized spacial score (nSPS) is 11.4. The Bertz CT molecular complexity index is 595. The maximum absolute atomic E-state index is 13.1. The van der Waals surface area contributed by atoms with E-state index in [2.05, 4.69) is 4.98 Å². The van der Waals surface area contributed by atoms with Crippen LogP contribution < -0.4 is 4.74 Å². The summed E-state index contributed by atoms with van der Waals surface area (Å²) in [5.41, 5.74) is -0.542. The van der Waals surface area contributed by atoms with Crippen molar-refractivity contribution in [1.82, 2.24) is 4.98 Å². The van der Waals surface area contributed by atoms with E-state index in [0.29, 0.717) is 6.20 Å². The van der Waals surface area contributed by atoms with E-state index >= 15 is 0 Å². The molecular formula is C13H9F4NO. The molecule has 100 valence electrons. The maximum Gasteiger partial charge on any atom is 0.417 e. The highest BCUT2D eigenvalue weighted by molar-refractivity contribution is 5.69. The second kappa shape index (κ2) is 4.87. The largest absolute Gasteiger partial charge is 0.481 e. The number of pyridine rings is 1. The van der Waals surface area contributed by atoms with Crippen LogP contribution in [0.3, 0.4) is 0 Å². The van der Waals surface area contributed by atoms with Crippen molar-refractivity contribution in [3.05, 3.63) is 47.9 Å². The van der Waals surface area contributed by atoms with Crippen molar-refractivity contribution < 1.29 is 22.3 Å². The predicted octanol–water partition coefficient (Wildman–Crippen LogP) is 3.92. The highest BCUT2D eigenvalue weighted by atomic mass is 19.4. The molecule has 0 aliphatic heterocycles. The highest BCUT2D eigenvalue weighted by Gasteiger charge is 2.32. The minimum atomic E-state index is -4.51. The van der Waals surface area contributed by atoms with Crippen LogP contribution in [-0.2, 0) is 6.18 Å². The van der Waals surface area contributed by atoms with Gasteiger partial charge in [0.1, 0.15) is 5.82 Å². The predicted molar refractivity (Wildman–Crippen MR) is 61.2 cm³/mol. The number of hydrogen-bond donors (Lipinski definition) is 0. The fraction of sp³-hybridized carbons (Fsp3) is 0.154. The van der Waals surface area contributed by atoms with Gasteiger partial charge in [-0.05, 0) is 23.8 Å². The van der Waals surface area contributed by atoms with Gasteiger partial charge in [-0.15, -0.1) is 0 Å². The molecule has 0 atom stereocenters. The third-order valence-corrected chi connectivity index (χ3v) is 2.51. The summed E-state index contributed by atoms with van der Waals surface area (Å²) in [6.45, 7) is 0. The molecule has 2 rings (SSSR count). The number of alkyl halides is 3. The SMILES string of the molecule is COc1ncc(C(F)(F)F)cc1-c1cccc(F)c1. The summed E-state index contributed by atoms with van der Waals surface area (Å²) in [4.78, 5) is 3.60. The molecule has 0 saturated carbocycles. The van der Waals surface area contributed by atoms with Crippen LogP contribution in [-0.4, -0.2) is 12.1 Å². The number of nitrogens with zero attached hydrogens (tertiary/aromatic N) is 1. The van der Waals surface area contributed by atoms with Gasteiger partial charge in [0.05, 0.1) is 12.7 Å². The van der Waals surface area contributed by atoms with E-state index in [9.17, 15) is 17.6 Å². The second-order valence-electron chi connectivity index (χ2n) is 3.79. The zero-order valence-corrected chi connectivity index (χ0v) is 9.83. The third kappa shape index (κ3) is 2.83. The Labute approximate surface area is 106 Å². The Kier molecular flexibility index (Phi) is 3.42. The summed E-state index contributed by atoms with van der Waals surface area (Å²) in [6.07, 6.45) is -3.83. The number of aromatic nitrogens is 1. The average Bonchev–Trinajstić information content (AvgIpc) is 2.37. The zero-order valence-electron chi connectivity index (χ0n) is 9.83. The summed E-state index contributed by atoms with van der Waals surface area (Å²) in [7, 11) is 1.29. The van der Waals surface area contributed by atoms with Crippen molar-refractivity contribution >= 4 is 0 Å². The molecule has 2 aromatic rings. The fourth-order valence-electron chi connectivity index (χ4n) is 1.63. The molecule has 19 heavy (non-hydrogen) atoms. The molecule has 0 unspecified atom stereocenters. The van der Waals surface area contributed by atoms with Crippen LogP contribution in [0.5, 0.6) is 5.88 Å². The summed E-state index contributed by atoms with van der Waals surface area (Å²) < 4.78 is 56.0. The molecule has 1 aromatic heterocycles. The van der Waals surface area contributed by atoms with Gasteiger partial charge in [0, 0.05) is 11.8 Å². The summed E-state index contributed by atoms with van der Waals surface area (Å²) in [5.74, 6) is -0.532. The summed E-state index contributed by atoms with van der Waals surface area (Å²) in [6, 6.07) is 6.12. The molecule has 0 fully saturated rings. The van der Waals surface area contributed by atoms with Gasteiger partial charge in [-0.2, -0.15) is 13.2 Å². The first-order chi connectivity index (χ1) is 8.91. The minimum absolute atomic E-state index is 0.0126. The standard InChI is InChI=1S/C13H9F4NO/c1-19-12-11(8-3-2-4-10(14)5-8)6-9(7-18-12)13(15,16)17/h2-7H,1H3. The van der Waals surface area contributed by atoms with Crippen molar-refractivity contribution in [3.63, 3.8) is 0 Å². The lowest BCUT2D eigenvalue weighted by atomic mass is 10.0. The van der Waals surface area contributed by atoms with E-state index in [0.717, 1.165) is 12.1 Å². The lowest BCUT2D eigenvalue weighted by Crippen LogP contribution is -2.06. The molecule has 0 N–H and O–H groups in total. The number of methoxy groups -OCH3 is 1. The van der Waals surface area contributed by atoms with Crippen LogP contribution in [0.1, 0.15) is 5.56 Å². The van der Waals surface area contributed by atoms with Crippen LogP contribution in [0.4, 0.5) is 17.6 Å². The smallest absolute Gasteiger partial charge is 0.417 e. The van der Waals surface area contributed by atoms with Gasteiger partial charge in [0.2, 0.25) is 5.88 Å². The lowest BCUT2D eigenvalue weighted by Gasteiger charge is -2.11. The molecule has 0 aliphatic carbocycles. The van der Waals surface area contributed by atoms with E-state index in [1.54, 1.807) is 0 Å². The Morgan fingerprint density at radius 1 is 1.16 bits per heavy atom. The first-order valence-electron chi connectivity index (χ1n) is 5.29. The second-order valence-corrected chi connectivity index (χ2v) is 3.79. The molecular weight excluding hydrogens is 262 g/mol. The van der Waals surface area contributed by atoms with Gasteiger partial charge >= 0.3 is 6.18 Å². The van der Waals surface area contributed by atoms with Crippen LogP contribution in [0.2, 0.25) is 0 Å². The topological polar surface area (TPSA) is 22.1 Å². The van der Waals surface area contributed by atoms with Crippen molar-refractivity contribution in [1.29, 1.82) is 0 Å². The van der Waals surface area contributed by atoms with E-state index in [1.807, 2.05) is 0 Å². The van der Waals surface area contributed by atoms with Gasteiger partial charge in [-0.3, -0.25) is 0 Å². The molecule has 1 heterocycles. The highest BCUT2D eigenvalue weighted by Crippen LogP contribution is 2.35. The number of halogens is 4. The quantitative estimate of drug-likeness (QED) is 0.772. The zero-order chi connectivity index (χ0) is 14.0. The maximum atomic E-state index is 13.1. The Morgan fingerprint density at radius 2 is 1.89 bits per heavy atom. The number of rotatable bonds is 2. The van der Waals surface area contributed by atoms with Gasteiger partial charge in [0.15, 0.2) is 0 Å². The Morgan fingerprint density at radius 3 is 2.47 bits per heavy atom. The van der Waals surface area contributed by atoms with Gasteiger partial charge < -0.3 is 4.74 Å². The lowest BCUT2D eigenvalue weighted by molar-refractivity contribution is -0.137. The van der Waals surface area contributed by atoms with Crippen molar-refractivity contribution in [3.8, 4) is 17.0 Å². The van der Waals surface area contributed by atoms with Gasteiger partial charge in [-0.25, -0.2) is 9.37 Å². The number of hydrogen-bond acceptors (Lipinski definition) is 2. The van der Waals surface area contributed by atoms with Crippen molar-refractivity contribution in [2.45, 2.75) is 6.18 Å². The number of benzene rings is 1. The molecule has 6 heteroatoms. The van der Waals surface area contributed by atoms with Gasteiger partial charge in [0.25, 0.3) is 0 Å². The van der Waals surface area contributed by atoms with E-state index in [-0.39, 0.29) is 17.0 Å². The first-order valence-corrected chi connectivity index (χ1v) is 5.29. The average molecular weight is 271 g/mol. The molecule has 0 aliphatic rings. The molecule has 1 aromatic carbocycles. The van der Waals surface area contributed by atoms with Crippen LogP contribution >= 0.6 is 0 Å². The molecule has 0 amide bonds. The van der Waals surface area contributed by atoms with Gasteiger partial charge in [-0.1, -0.05) is 12.1 Å². The van der Waals surface area contributed by atoms with E-state index in [4.69, 9.17) is 4.74 Å². The molecule has 0 spiro atoms. The van der Waals surface area contributed by atoms with E-state index in [1.165, 1.54) is 25.3 Å². The van der Waals surface area contributed by atoms with Crippen LogP contribution in [0, 0.1) is 5.82 Å². The molecule has 0 radical (unpaired) electrons. The monoisotopic (exact) mass is 271 g/mol. The molecule has 0 saturated heterocycles. The van der Waals surface area contributed by atoms with Crippen LogP contribution in [0.25, 0.3) is 11.1 Å². The van der Waals surface area contributed by atoms with Crippen LogP contribution in [0.15, 0.2) is 36.5 Å². The molecule has 0 bridgehead atoms. The first kappa shape index (κ1) is 13.3. The number of ether oxygens (including phenoxy) is 1. The molecule has 2 nitrogen and oxygen atoms in total. The third-order valence-electron chi connectivity index (χ3n) is 2.51. The fourth-order valence-corrected chi connectivity index (χ4v) is 1.63. The minimum Gasteiger partial charge on any atom is -0.481 e. The Balaban J connectivity index is 2.60. The van der Waals surface area contributed by atoms with Crippen molar-refractivity contribution in [2.24, 2.45) is 0 Å². The van der Waals surface area contributed by atoms with Crippen molar-refractivity contribution in [2.75, 3.05) is 7.11 Å². The summed E-state index contributed by atoms with van der Waals surface area (Å²) in [5, 5.41) is 0. The summed E-state index contributed by atoms with van der Waals surface area (Å²) >= 11 is 0.